The number of hydrogen-bond acceptors (Lipinski definition) is 5. The van der Waals surface area contributed by atoms with Crippen molar-refractivity contribution in [2.45, 2.75) is 327 Å². The van der Waals surface area contributed by atoms with Crippen molar-refractivity contribution < 1.29 is 25.2 Å². The molecule has 1 amide bonds. The molecule has 0 aliphatic heterocycles. The van der Waals surface area contributed by atoms with E-state index in [1.807, 2.05) is 0 Å². The van der Waals surface area contributed by atoms with Crippen LogP contribution in [0.2, 0.25) is 0 Å². The van der Waals surface area contributed by atoms with E-state index in [-0.39, 0.29) is 0 Å². The Kier molecular flexibility index (Phi) is 47.8. The minimum Gasteiger partial charge on any atom is -0.394 e. The number of carbonyl (C=O) groups excluding carboxylic acids is 1. The van der Waals surface area contributed by atoms with Crippen molar-refractivity contribution in [2.75, 3.05) is 6.61 Å². The van der Waals surface area contributed by atoms with Gasteiger partial charge in [-0.15, -0.1) is 0 Å². The Labute approximate surface area is 369 Å². The molecule has 0 rings (SSSR count). The van der Waals surface area contributed by atoms with Crippen LogP contribution in [0.4, 0.5) is 0 Å². The molecule has 354 valence electrons. The average molecular weight is 838 g/mol. The Morgan fingerprint density at radius 1 is 0.356 bits per heavy atom. The zero-order valence-corrected chi connectivity index (χ0v) is 40.0. The summed E-state index contributed by atoms with van der Waals surface area (Å²) < 4.78 is 0. The molecular weight excluding hydrogens is 731 g/mol. The minimum absolute atomic E-state index is 0.376. The first kappa shape index (κ1) is 58.3. The van der Waals surface area contributed by atoms with Crippen LogP contribution in [0.15, 0.2) is 0 Å². The largest absolute Gasteiger partial charge is 0.394 e. The molecule has 6 nitrogen and oxygen atoms in total. The second kappa shape index (κ2) is 48.3. The number of rotatable bonds is 50. The van der Waals surface area contributed by atoms with Gasteiger partial charge in [-0.3, -0.25) is 4.79 Å². The van der Waals surface area contributed by atoms with Crippen LogP contribution in [0.5, 0.6) is 0 Å². The Bertz CT molecular complexity index is 811. The van der Waals surface area contributed by atoms with Gasteiger partial charge in [-0.1, -0.05) is 290 Å². The third-order valence-corrected chi connectivity index (χ3v) is 13.1. The molecule has 0 heterocycles. The third-order valence-electron chi connectivity index (χ3n) is 13.1. The van der Waals surface area contributed by atoms with Crippen LogP contribution in [0.1, 0.15) is 303 Å². The van der Waals surface area contributed by atoms with Crippen molar-refractivity contribution >= 4 is 5.91 Å². The lowest BCUT2D eigenvalue weighted by atomic mass is 9.99. The molecule has 0 aromatic carbocycles. The molecule has 0 saturated carbocycles. The van der Waals surface area contributed by atoms with Gasteiger partial charge in [0.2, 0.25) is 5.91 Å². The summed E-state index contributed by atoms with van der Waals surface area (Å²) in [6.45, 7) is 4.09. The smallest absolute Gasteiger partial charge is 0.249 e. The van der Waals surface area contributed by atoms with E-state index in [4.69, 9.17) is 0 Å². The van der Waals surface area contributed by atoms with Gasteiger partial charge in [-0.2, -0.15) is 0 Å². The van der Waals surface area contributed by atoms with Gasteiger partial charge in [0.25, 0.3) is 0 Å². The molecule has 6 heteroatoms. The molecule has 5 N–H and O–H groups in total. The second-order valence-corrected chi connectivity index (χ2v) is 18.9. The Morgan fingerprint density at radius 3 is 0.814 bits per heavy atom. The highest BCUT2D eigenvalue weighted by molar-refractivity contribution is 5.80. The molecule has 0 spiro atoms. The minimum atomic E-state index is -1.25. The molecule has 59 heavy (non-hydrogen) atoms. The summed E-state index contributed by atoms with van der Waals surface area (Å²) in [4.78, 5) is 12.6. The van der Waals surface area contributed by atoms with Gasteiger partial charge < -0.3 is 25.7 Å². The summed E-state index contributed by atoms with van der Waals surface area (Å²) >= 11 is 0. The maximum atomic E-state index is 12.6. The lowest BCUT2D eigenvalue weighted by molar-refractivity contribution is -0.132. The maximum Gasteiger partial charge on any atom is 0.249 e. The van der Waals surface area contributed by atoms with E-state index in [1.54, 1.807) is 0 Å². The standard InChI is InChI=1S/C53H107NO5/c1-3-5-7-9-11-13-15-17-19-21-22-23-24-25-26-27-28-29-31-32-34-36-38-40-42-44-46-50(56)52(58)49(48-55)54-53(59)51(57)47-45-43-41-39-37-35-33-30-20-18-16-14-12-10-8-6-4-2/h49-52,55-58H,3-48H2,1-2H3,(H,54,59). The number of aliphatic hydroxyl groups is 4. The molecule has 0 aromatic rings. The van der Waals surface area contributed by atoms with Crippen LogP contribution in [-0.2, 0) is 4.79 Å². The average Bonchev–Trinajstić information content (AvgIpc) is 3.24. The van der Waals surface area contributed by atoms with Crippen LogP contribution in [0.3, 0.4) is 0 Å². The first-order chi connectivity index (χ1) is 29.0. The van der Waals surface area contributed by atoms with Crippen molar-refractivity contribution in [1.82, 2.24) is 5.32 Å². The molecule has 0 radical (unpaired) electrons. The fraction of sp³-hybridized carbons (Fsp3) is 0.981. The van der Waals surface area contributed by atoms with Gasteiger partial charge in [0.05, 0.1) is 18.8 Å². The first-order valence-electron chi connectivity index (χ1n) is 26.9. The lowest BCUT2D eigenvalue weighted by Gasteiger charge is -2.27. The molecule has 4 atom stereocenters. The van der Waals surface area contributed by atoms with Gasteiger partial charge in [0.15, 0.2) is 0 Å². The SMILES string of the molecule is CCCCCCCCCCCCCCCCCCCCCCCCCCCCC(O)C(O)C(CO)NC(=O)C(O)CCCCCCCCCCCCCCCCCCC. The zero-order valence-electron chi connectivity index (χ0n) is 40.0. The predicted octanol–water partition coefficient (Wildman–Crippen LogP) is 15.1. The number of aliphatic hydroxyl groups excluding tert-OH is 4. The predicted molar refractivity (Wildman–Crippen MR) is 256 cm³/mol. The Balaban J connectivity index is 3.59. The molecular formula is C53H107NO5. The van der Waals surface area contributed by atoms with Crippen molar-refractivity contribution in [3.8, 4) is 0 Å². The number of hydrogen-bond donors (Lipinski definition) is 5. The summed E-state index contributed by atoms with van der Waals surface area (Å²) in [7, 11) is 0. The topological polar surface area (TPSA) is 110 Å². The molecule has 0 fully saturated rings. The Morgan fingerprint density at radius 2 is 0.576 bits per heavy atom. The van der Waals surface area contributed by atoms with Crippen LogP contribution < -0.4 is 5.32 Å². The van der Waals surface area contributed by atoms with E-state index in [0.717, 1.165) is 38.5 Å². The van der Waals surface area contributed by atoms with Crippen molar-refractivity contribution in [3.63, 3.8) is 0 Å². The van der Waals surface area contributed by atoms with E-state index >= 15 is 0 Å². The van der Waals surface area contributed by atoms with Gasteiger partial charge in [0.1, 0.15) is 12.2 Å². The molecule has 0 saturated heterocycles. The maximum absolute atomic E-state index is 12.6. The van der Waals surface area contributed by atoms with E-state index in [0.29, 0.717) is 12.8 Å². The Hall–Kier alpha value is -0.690. The fourth-order valence-electron chi connectivity index (χ4n) is 8.82. The fourth-order valence-corrected chi connectivity index (χ4v) is 8.82. The van der Waals surface area contributed by atoms with Gasteiger partial charge >= 0.3 is 0 Å². The number of nitrogens with one attached hydrogen (secondary N) is 1. The molecule has 0 aromatic heterocycles. The summed E-state index contributed by atoms with van der Waals surface area (Å²) in [5, 5.41) is 43.9. The highest BCUT2D eigenvalue weighted by Crippen LogP contribution is 2.18. The highest BCUT2D eigenvalue weighted by Gasteiger charge is 2.28. The number of unbranched alkanes of at least 4 members (excludes halogenated alkanes) is 41. The molecule has 0 bridgehead atoms. The van der Waals surface area contributed by atoms with Gasteiger partial charge in [0, 0.05) is 0 Å². The van der Waals surface area contributed by atoms with E-state index in [2.05, 4.69) is 19.2 Å². The van der Waals surface area contributed by atoms with Crippen LogP contribution in [0.25, 0.3) is 0 Å². The van der Waals surface area contributed by atoms with Crippen molar-refractivity contribution in [3.05, 3.63) is 0 Å². The summed E-state index contributed by atoms with van der Waals surface area (Å²) in [5.74, 6) is -0.577. The number of amides is 1. The summed E-state index contributed by atoms with van der Waals surface area (Å²) in [5.41, 5.74) is 0. The van der Waals surface area contributed by atoms with E-state index < -0.39 is 36.9 Å². The van der Waals surface area contributed by atoms with Gasteiger partial charge in [-0.05, 0) is 12.8 Å². The van der Waals surface area contributed by atoms with Crippen LogP contribution >= 0.6 is 0 Å². The van der Waals surface area contributed by atoms with E-state index in [9.17, 15) is 25.2 Å². The third kappa shape index (κ3) is 42.4. The lowest BCUT2D eigenvalue weighted by Crippen LogP contribution is -2.53. The quantitative estimate of drug-likeness (QED) is 0.0392. The molecule has 4 unspecified atom stereocenters. The van der Waals surface area contributed by atoms with Gasteiger partial charge in [-0.25, -0.2) is 0 Å². The first-order valence-corrected chi connectivity index (χ1v) is 26.9. The van der Waals surface area contributed by atoms with E-state index in [1.165, 1.54) is 238 Å². The van der Waals surface area contributed by atoms with Crippen LogP contribution in [-0.4, -0.2) is 57.3 Å². The normalized spacial score (nSPS) is 13.8. The summed E-state index contributed by atoms with van der Waals surface area (Å²) in [6, 6.07) is -0.980. The summed E-state index contributed by atoms with van der Waals surface area (Å²) in [6.07, 6.45) is 54.5. The van der Waals surface area contributed by atoms with Crippen LogP contribution in [0, 0.1) is 0 Å². The van der Waals surface area contributed by atoms with Crippen molar-refractivity contribution in [1.29, 1.82) is 0 Å². The molecule has 0 aliphatic carbocycles. The van der Waals surface area contributed by atoms with Crippen molar-refractivity contribution in [2.24, 2.45) is 0 Å². The second-order valence-electron chi connectivity index (χ2n) is 18.9. The number of carbonyl (C=O) groups is 1. The highest BCUT2D eigenvalue weighted by atomic mass is 16.3. The zero-order chi connectivity index (χ0) is 43.1. The molecule has 0 aliphatic rings. The monoisotopic (exact) mass is 838 g/mol.